The van der Waals surface area contributed by atoms with Gasteiger partial charge >= 0.3 is 5.97 Å². The quantitative estimate of drug-likeness (QED) is 0.784. The van der Waals surface area contributed by atoms with Gasteiger partial charge in [0.15, 0.2) is 0 Å². The van der Waals surface area contributed by atoms with E-state index in [1.54, 1.807) is 12.1 Å². The molecule has 0 radical (unpaired) electrons. The monoisotopic (exact) mass is 297 g/mol. The summed E-state index contributed by atoms with van der Waals surface area (Å²) >= 11 is 1.29. The first-order valence-corrected chi connectivity index (χ1v) is 7.41. The van der Waals surface area contributed by atoms with Gasteiger partial charge < -0.3 is 10.0 Å². The summed E-state index contributed by atoms with van der Waals surface area (Å²) in [5.41, 5.74) is 0. The number of benzene rings is 1. The van der Waals surface area contributed by atoms with Gasteiger partial charge in [0.05, 0.1) is 5.75 Å². The number of carbonyl (C=O) groups excluding carboxylic acids is 1. The molecule has 1 aliphatic carbocycles. The third-order valence-corrected chi connectivity index (χ3v) is 4.03. The summed E-state index contributed by atoms with van der Waals surface area (Å²) in [7, 11) is 0. The SMILES string of the molecule is O=C(O)CN(CC1CC1)C(=O)CSc1ccc(F)cc1. The number of amides is 1. The zero-order valence-corrected chi connectivity index (χ0v) is 11.7. The molecule has 1 saturated carbocycles. The van der Waals surface area contributed by atoms with Crippen LogP contribution in [0.25, 0.3) is 0 Å². The molecule has 0 unspecified atom stereocenters. The number of hydrogen-bond acceptors (Lipinski definition) is 3. The predicted molar refractivity (Wildman–Crippen MR) is 74.1 cm³/mol. The van der Waals surface area contributed by atoms with Crippen LogP contribution in [-0.2, 0) is 9.59 Å². The lowest BCUT2D eigenvalue weighted by atomic mass is 10.3. The van der Waals surface area contributed by atoms with Crippen molar-refractivity contribution in [2.75, 3.05) is 18.8 Å². The Morgan fingerprint density at radius 2 is 1.95 bits per heavy atom. The minimum Gasteiger partial charge on any atom is -0.480 e. The highest BCUT2D eigenvalue weighted by Crippen LogP contribution is 2.30. The van der Waals surface area contributed by atoms with Gasteiger partial charge in [-0.3, -0.25) is 9.59 Å². The Morgan fingerprint density at radius 3 is 2.50 bits per heavy atom. The van der Waals surface area contributed by atoms with Crippen LogP contribution in [0.2, 0.25) is 0 Å². The zero-order valence-electron chi connectivity index (χ0n) is 10.9. The van der Waals surface area contributed by atoms with Gasteiger partial charge in [-0.05, 0) is 43.0 Å². The van der Waals surface area contributed by atoms with Crippen molar-refractivity contribution < 1.29 is 19.1 Å². The van der Waals surface area contributed by atoms with Gasteiger partial charge in [-0.15, -0.1) is 11.8 Å². The fraction of sp³-hybridized carbons (Fsp3) is 0.429. The number of thioether (sulfide) groups is 1. The van der Waals surface area contributed by atoms with Crippen molar-refractivity contribution in [2.24, 2.45) is 5.92 Å². The molecule has 1 fully saturated rings. The first kappa shape index (κ1) is 14.8. The van der Waals surface area contributed by atoms with Crippen LogP contribution in [0.1, 0.15) is 12.8 Å². The van der Waals surface area contributed by atoms with E-state index in [0.29, 0.717) is 12.5 Å². The van der Waals surface area contributed by atoms with Crippen molar-refractivity contribution in [3.05, 3.63) is 30.1 Å². The molecule has 0 saturated heterocycles. The van der Waals surface area contributed by atoms with Crippen molar-refractivity contribution in [3.8, 4) is 0 Å². The van der Waals surface area contributed by atoms with Crippen molar-refractivity contribution in [3.63, 3.8) is 0 Å². The Balaban J connectivity index is 1.86. The highest BCUT2D eigenvalue weighted by atomic mass is 32.2. The summed E-state index contributed by atoms with van der Waals surface area (Å²) in [6, 6.07) is 5.89. The molecule has 1 aliphatic rings. The van der Waals surface area contributed by atoms with Crippen LogP contribution in [0.15, 0.2) is 29.2 Å². The number of carboxylic acids is 1. The van der Waals surface area contributed by atoms with Crippen LogP contribution in [0.3, 0.4) is 0 Å². The van der Waals surface area contributed by atoms with Gasteiger partial charge in [-0.1, -0.05) is 0 Å². The molecule has 108 valence electrons. The molecule has 1 amide bonds. The molecule has 1 aromatic carbocycles. The maximum Gasteiger partial charge on any atom is 0.323 e. The second-order valence-electron chi connectivity index (χ2n) is 4.85. The van der Waals surface area contributed by atoms with Gasteiger partial charge in [0.2, 0.25) is 5.91 Å². The van der Waals surface area contributed by atoms with E-state index in [-0.39, 0.29) is 24.0 Å². The number of carboxylic acid groups (broad SMARTS) is 1. The maximum absolute atomic E-state index is 12.8. The van der Waals surface area contributed by atoms with Crippen LogP contribution in [0.4, 0.5) is 4.39 Å². The summed E-state index contributed by atoms with van der Waals surface area (Å²) in [5, 5.41) is 8.84. The van der Waals surface area contributed by atoms with E-state index < -0.39 is 5.97 Å². The zero-order chi connectivity index (χ0) is 14.5. The largest absolute Gasteiger partial charge is 0.480 e. The topological polar surface area (TPSA) is 57.6 Å². The Bertz CT molecular complexity index is 488. The van der Waals surface area contributed by atoms with E-state index >= 15 is 0 Å². The van der Waals surface area contributed by atoms with Crippen molar-refractivity contribution in [1.82, 2.24) is 4.90 Å². The lowest BCUT2D eigenvalue weighted by Crippen LogP contribution is -2.38. The predicted octanol–water partition coefficient (Wildman–Crippen LogP) is 2.24. The molecule has 20 heavy (non-hydrogen) atoms. The van der Waals surface area contributed by atoms with E-state index in [4.69, 9.17) is 5.11 Å². The molecule has 0 atom stereocenters. The molecule has 4 nitrogen and oxygen atoms in total. The number of aliphatic carboxylic acids is 1. The Kier molecular flexibility index (Phi) is 5.00. The third kappa shape index (κ3) is 4.85. The average Bonchev–Trinajstić information content (AvgIpc) is 3.20. The molecular formula is C14H16FNO3S. The first-order valence-electron chi connectivity index (χ1n) is 6.42. The fourth-order valence-corrected chi connectivity index (χ4v) is 2.60. The Hall–Kier alpha value is -1.56. The van der Waals surface area contributed by atoms with Crippen LogP contribution < -0.4 is 0 Å². The van der Waals surface area contributed by atoms with E-state index in [2.05, 4.69) is 0 Å². The fourth-order valence-electron chi connectivity index (χ4n) is 1.80. The Labute approximate surface area is 121 Å². The summed E-state index contributed by atoms with van der Waals surface area (Å²) in [6.45, 7) is 0.272. The molecular weight excluding hydrogens is 281 g/mol. The van der Waals surface area contributed by atoms with E-state index in [1.807, 2.05) is 0 Å². The summed E-state index contributed by atoms with van der Waals surface area (Å²) < 4.78 is 12.8. The highest BCUT2D eigenvalue weighted by molar-refractivity contribution is 8.00. The summed E-state index contributed by atoms with van der Waals surface area (Å²) in [4.78, 5) is 25.0. The standard InChI is InChI=1S/C14H16FNO3S/c15-11-3-5-12(6-4-11)20-9-13(17)16(8-14(18)19)7-10-1-2-10/h3-6,10H,1-2,7-9H2,(H,18,19). The van der Waals surface area contributed by atoms with E-state index in [0.717, 1.165) is 17.7 Å². The summed E-state index contributed by atoms with van der Waals surface area (Å²) in [5.74, 6) is -0.874. The molecule has 0 bridgehead atoms. The lowest BCUT2D eigenvalue weighted by Gasteiger charge is -2.20. The molecule has 1 aromatic rings. The van der Waals surface area contributed by atoms with Gasteiger partial charge in [-0.2, -0.15) is 0 Å². The number of carbonyl (C=O) groups is 2. The van der Waals surface area contributed by atoms with Crippen molar-refractivity contribution in [1.29, 1.82) is 0 Å². The summed E-state index contributed by atoms with van der Waals surface area (Å²) in [6.07, 6.45) is 2.13. The van der Waals surface area contributed by atoms with Crippen LogP contribution in [0.5, 0.6) is 0 Å². The molecule has 0 aliphatic heterocycles. The molecule has 1 N–H and O–H groups in total. The Morgan fingerprint density at radius 1 is 1.30 bits per heavy atom. The normalized spacial score (nSPS) is 14.1. The highest BCUT2D eigenvalue weighted by Gasteiger charge is 2.27. The van der Waals surface area contributed by atoms with Gasteiger partial charge in [0.25, 0.3) is 0 Å². The lowest BCUT2D eigenvalue weighted by molar-refractivity contribution is -0.143. The van der Waals surface area contributed by atoms with Crippen molar-refractivity contribution in [2.45, 2.75) is 17.7 Å². The minimum atomic E-state index is -0.995. The minimum absolute atomic E-state index is 0.172. The van der Waals surface area contributed by atoms with Crippen LogP contribution in [-0.4, -0.2) is 40.7 Å². The second-order valence-corrected chi connectivity index (χ2v) is 5.90. The first-order chi connectivity index (χ1) is 9.54. The molecule has 2 rings (SSSR count). The molecule has 0 spiro atoms. The molecule has 0 heterocycles. The average molecular weight is 297 g/mol. The second kappa shape index (κ2) is 6.74. The van der Waals surface area contributed by atoms with Gasteiger partial charge in [-0.25, -0.2) is 4.39 Å². The number of nitrogens with zero attached hydrogens (tertiary/aromatic N) is 1. The smallest absolute Gasteiger partial charge is 0.323 e. The third-order valence-electron chi connectivity index (χ3n) is 3.03. The number of hydrogen-bond donors (Lipinski definition) is 1. The maximum atomic E-state index is 12.8. The van der Waals surface area contributed by atoms with Gasteiger partial charge in [0.1, 0.15) is 12.4 Å². The van der Waals surface area contributed by atoms with E-state index in [9.17, 15) is 14.0 Å². The molecule has 0 aromatic heterocycles. The van der Waals surface area contributed by atoms with Crippen LogP contribution in [0, 0.1) is 11.7 Å². The van der Waals surface area contributed by atoms with Crippen LogP contribution >= 0.6 is 11.8 Å². The van der Waals surface area contributed by atoms with Crippen molar-refractivity contribution >= 4 is 23.6 Å². The number of rotatable bonds is 7. The molecule has 6 heteroatoms. The van der Waals surface area contributed by atoms with E-state index in [1.165, 1.54) is 28.8 Å². The number of halogens is 1. The van der Waals surface area contributed by atoms with Gasteiger partial charge in [0, 0.05) is 11.4 Å².